The van der Waals surface area contributed by atoms with Crippen molar-refractivity contribution in [2.24, 2.45) is 5.92 Å². The van der Waals surface area contributed by atoms with Gasteiger partial charge in [0.15, 0.2) is 5.78 Å². The Balaban J connectivity index is 1.33. The van der Waals surface area contributed by atoms with Crippen molar-refractivity contribution in [2.75, 3.05) is 25.0 Å². The summed E-state index contributed by atoms with van der Waals surface area (Å²) < 4.78 is 38.2. The van der Waals surface area contributed by atoms with Gasteiger partial charge in [-0.15, -0.1) is 5.10 Å². The van der Waals surface area contributed by atoms with E-state index in [-0.39, 0.29) is 47.5 Å². The van der Waals surface area contributed by atoms with E-state index in [1.165, 1.54) is 35.5 Å². The highest BCUT2D eigenvalue weighted by Crippen LogP contribution is 2.26. The number of carbonyl (C=O) groups excluding carboxylic acids is 2. The van der Waals surface area contributed by atoms with Crippen molar-refractivity contribution in [3.8, 4) is 17.2 Å². The van der Waals surface area contributed by atoms with Gasteiger partial charge in [-0.3, -0.25) is 14.9 Å². The topological polar surface area (TPSA) is 132 Å². The summed E-state index contributed by atoms with van der Waals surface area (Å²) in [4.78, 5) is 24.3. The van der Waals surface area contributed by atoms with E-state index in [1.54, 1.807) is 24.3 Å². The molecule has 184 valence electrons. The maximum absolute atomic E-state index is 12.9. The molecule has 1 saturated heterocycles. The molecule has 2 aromatic carbocycles. The molecule has 0 radical (unpaired) electrons. The maximum atomic E-state index is 12.9. The van der Waals surface area contributed by atoms with Crippen molar-refractivity contribution in [3.05, 3.63) is 54.1 Å². The zero-order valence-electron chi connectivity index (χ0n) is 19.4. The average molecular weight is 499 g/mol. The molecule has 3 aromatic rings. The van der Waals surface area contributed by atoms with Crippen LogP contribution >= 0.6 is 0 Å². The van der Waals surface area contributed by atoms with Gasteiger partial charge in [0.1, 0.15) is 5.75 Å². The Kier molecular flexibility index (Phi) is 7.27. The summed E-state index contributed by atoms with van der Waals surface area (Å²) in [6.07, 6.45) is 0.715. The number of hydrogen-bond acceptors (Lipinski definition) is 8. The van der Waals surface area contributed by atoms with Gasteiger partial charge in [0.25, 0.3) is 0 Å². The first-order valence-corrected chi connectivity index (χ1v) is 12.7. The number of anilines is 1. The van der Waals surface area contributed by atoms with Crippen LogP contribution in [0.1, 0.15) is 37.0 Å². The standard InChI is InChI=1S/C24H26N4O6S/c1-3-33-20-8-4-19(5-9-20)23-26-27-24(34-23)25-22(30)18-12-14-28(15-13-18)35(31,32)21-10-6-17(7-11-21)16(2)29/h4-11,18H,3,12-15H2,1-2H3,(H,25,27,30). The Bertz CT molecular complexity index is 1290. The highest BCUT2D eigenvalue weighted by molar-refractivity contribution is 7.89. The number of amides is 1. The number of benzene rings is 2. The first-order chi connectivity index (χ1) is 16.8. The summed E-state index contributed by atoms with van der Waals surface area (Å²) >= 11 is 0. The monoisotopic (exact) mass is 498 g/mol. The smallest absolute Gasteiger partial charge is 0.322 e. The third-order valence-corrected chi connectivity index (χ3v) is 7.70. The van der Waals surface area contributed by atoms with Crippen molar-refractivity contribution in [1.82, 2.24) is 14.5 Å². The van der Waals surface area contributed by atoms with E-state index in [0.29, 0.717) is 30.6 Å². The zero-order chi connectivity index (χ0) is 25.0. The van der Waals surface area contributed by atoms with Crippen LogP contribution < -0.4 is 10.1 Å². The number of sulfonamides is 1. The van der Waals surface area contributed by atoms with Crippen LogP contribution in [-0.4, -0.2) is 54.3 Å². The summed E-state index contributed by atoms with van der Waals surface area (Å²) in [5.41, 5.74) is 1.14. The quantitative estimate of drug-likeness (QED) is 0.468. The molecule has 0 unspecified atom stereocenters. The van der Waals surface area contributed by atoms with Gasteiger partial charge in [-0.2, -0.15) is 4.31 Å². The van der Waals surface area contributed by atoms with Crippen LogP contribution in [0, 0.1) is 5.92 Å². The number of Topliss-reactive ketones (excluding diaryl/α,β-unsaturated/α-hetero) is 1. The Hall–Kier alpha value is -3.57. The van der Waals surface area contributed by atoms with Gasteiger partial charge in [0.05, 0.1) is 11.5 Å². The van der Waals surface area contributed by atoms with Crippen molar-refractivity contribution >= 4 is 27.7 Å². The van der Waals surface area contributed by atoms with E-state index in [1.807, 2.05) is 6.92 Å². The third-order valence-electron chi connectivity index (χ3n) is 5.79. The summed E-state index contributed by atoms with van der Waals surface area (Å²) in [5.74, 6) is 0.177. The zero-order valence-corrected chi connectivity index (χ0v) is 20.2. The molecular weight excluding hydrogens is 472 g/mol. The molecule has 0 atom stereocenters. The fraction of sp³-hybridized carbons (Fsp3) is 0.333. The molecular formula is C24H26N4O6S. The molecule has 4 rings (SSSR count). The van der Waals surface area contributed by atoms with Crippen LogP contribution in [0.5, 0.6) is 5.75 Å². The summed E-state index contributed by atoms with van der Waals surface area (Å²) in [6, 6.07) is 13.0. The number of hydrogen-bond donors (Lipinski definition) is 1. The van der Waals surface area contributed by atoms with Crippen LogP contribution in [-0.2, 0) is 14.8 Å². The average Bonchev–Trinajstić information content (AvgIpc) is 3.33. The Morgan fingerprint density at radius 1 is 1.06 bits per heavy atom. The van der Waals surface area contributed by atoms with E-state index >= 15 is 0 Å². The molecule has 0 bridgehead atoms. The van der Waals surface area contributed by atoms with Crippen molar-refractivity contribution in [1.29, 1.82) is 0 Å². The minimum atomic E-state index is -3.71. The van der Waals surface area contributed by atoms with Gasteiger partial charge in [0, 0.05) is 30.1 Å². The second-order valence-electron chi connectivity index (χ2n) is 8.12. The SMILES string of the molecule is CCOc1ccc(-c2nnc(NC(=O)C3CCN(S(=O)(=O)c4ccc(C(C)=O)cc4)CC3)o2)cc1. The molecule has 0 spiro atoms. The Morgan fingerprint density at radius 2 is 1.71 bits per heavy atom. The van der Waals surface area contributed by atoms with E-state index in [0.717, 1.165) is 5.75 Å². The lowest BCUT2D eigenvalue weighted by molar-refractivity contribution is -0.121. The van der Waals surface area contributed by atoms with Gasteiger partial charge >= 0.3 is 6.01 Å². The minimum absolute atomic E-state index is 0.0144. The molecule has 1 aliphatic rings. The fourth-order valence-corrected chi connectivity index (χ4v) is 5.30. The number of nitrogens with zero attached hydrogens (tertiary/aromatic N) is 3. The molecule has 1 amide bonds. The van der Waals surface area contributed by atoms with E-state index in [9.17, 15) is 18.0 Å². The molecule has 0 saturated carbocycles. The van der Waals surface area contributed by atoms with E-state index < -0.39 is 10.0 Å². The summed E-state index contributed by atoms with van der Waals surface area (Å²) in [7, 11) is -3.71. The first-order valence-electron chi connectivity index (χ1n) is 11.3. The number of ether oxygens (including phenoxy) is 1. The fourth-order valence-electron chi connectivity index (χ4n) is 3.83. The Labute approximate surface area is 203 Å². The van der Waals surface area contributed by atoms with Crippen LogP contribution in [0.3, 0.4) is 0 Å². The van der Waals surface area contributed by atoms with Crippen LogP contribution in [0.2, 0.25) is 0 Å². The van der Waals surface area contributed by atoms with Gasteiger partial charge in [0.2, 0.25) is 21.8 Å². The predicted molar refractivity (Wildman–Crippen MR) is 127 cm³/mol. The molecule has 35 heavy (non-hydrogen) atoms. The highest BCUT2D eigenvalue weighted by atomic mass is 32.2. The van der Waals surface area contributed by atoms with Crippen LogP contribution in [0.25, 0.3) is 11.5 Å². The van der Waals surface area contributed by atoms with Crippen molar-refractivity contribution in [3.63, 3.8) is 0 Å². The van der Waals surface area contributed by atoms with Gasteiger partial charge in [-0.05, 0) is 63.1 Å². The highest BCUT2D eigenvalue weighted by Gasteiger charge is 2.32. The van der Waals surface area contributed by atoms with Crippen LogP contribution in [0.15, 0.2) is 57.8 Å². The second kappa shape index (κ2) is 10.4. The molecule has 1 aromatic heterocycles. The molecule has 1 fully saturated rings. The number of aromatic nitrogens is 2. The second-order valence-corrected chi connectivity index (χ2v) is 10.1. The lowest BCUT2D eigenvalue weighted by Crippen LogP contribution is -2.41. The van der Waals surface area contributed by atoms with E-state index in [2.05, 4.69) is 15.5 Å². The molecule has 0 aliphatic carbocycles. The lowest BCUT2D eigenvalue weighted by atomic mass is 9.97. The van der Waals surface area contributed by atoms with Gasteiger partial charge in [-0.25, -0.2) is 8.42 Å². The molecule has 1 aliphatic heterocycles. The number of carbonyl (C=O) groups is 2. The molecule has 1 N–H and O–H groups in total. The minimum Gasteiger partial charge on any atom is -0.494 e. The van der Waals surface area contributed by atoms with Crippen molar-refractivity contribution < 1.29 is 27.2 Å². The van der Waals surface area contributed by atoms with Crippen LogP contribution in [0.4, 0.5) is 6.01 Å². The maximum Gasteiger partial charge on any atom is 0.322 e. The van der Waals surface area contributed by atoms with Gasteiger partial charge < -0.3 is 9.15 Å². The number of piperidine rings is 1. The summed E-state index contributed by atoms with van der Waals surface area (Å²) in [5, 5.41) is 10.5. The van der Waals surface area contributed by atoms with Crippen molar-refractivity contribution in [2.45, 2.75) is 31.6 Å². The third kappa shape index (κ3) is 5.57. The van der Waals surface area contributed by atoms with Gasteiger partial charge in [-0.1, -0.05) is 17.2 Å². The lowest BCUT2D eigenvalue weighted by Gasteiger charge is -2.30. The Morgan fingerprint density at radius 3 is 2.31 bits per heavy atom. The number of ketones is 1. The normalized spacial score (nSPS) is 15.0. The largest absolute Gasteiger partial charge is 0.494 e. The molecule has 11 heteroatoms. The molecule has 2 heterocycles. The summed E-state index contributed by atoms with van der Waals surface area (Å²) in [6.45, 7) is 4.30. The predicted octanol–water partition coefficient (Wildman–Crippen LogP) is 3.38. The van der Waals surface area contributed by atoms with E-state index in [4.69, 9.17) is 9.15 Å². The first kappa shape index (κ1) is 24.6. The number of nitrogens with one attached hydrogen (secondary N) is 1. The molecule has 10 nitrogen and oxygen atoms in total. The number of rotatable bonds is 8.